The van der Waals surface area contributed by atoms with E-state index in [0.29, 0.717) is 0 Å². The second-order valence-corrected chi connectivity index (χ2v) is 4.14. The fraction of sp³-hybridized carbons (Fsp3) is 1.00. The van der Waals surface area contributed by atoms with Crippen molar-refractivity contribution in [2.45, 2.75) is 0 Å². The van der Waals surface area contributed by atoms with Gasteiger partial charge >= 0.3 is 0 Å². The third kappa shape index (κ3) is 8.04. The largest absolute Gasteiger partial charge is 2.00 e. The monoisotopic (exact) mass is 236 g/mol. The Bertz CT molecular complexity index is 121. The molecule has 2 N–H and O–H groups in total. The van der Waals surface area contributed by atoms with E-state index in [9.17, 15) is 0 Å². The topological polar surface area (TPSA) is 27.3 Å². The number of likely N-dealkylation sites (N-methyl/N-ethyl adjacent to an activating group) is 2. The smallest absolute Gasteiger partial charge is 0.101 e. The Morgan fingerprint density at radius 2 is 0.933 bits per heavy atom. The molecule has 15 heavy (non-hydrogen) atoms. The first kappa shape index (κ1) is 15.2. The van der Waals surface area contributed by atoms with E-state index in [1.165, 1.54) is 26.2 Å². The van der Waals surface area contributed by atoms with Crippen LogP contribution in [0.3, 0.4) is 0 Å². The molecule has 5 heteroatoms. The highest BCUT2D eigenvalue weighted by atomic mass is 32.1. The highest BCUT2D eigenvalue weighted by Crippen LogP contribution is 1.72. The van der Waals surface area contributed by atoms with Crippen molar-refractivity contribution in [3.63, 3.8) is 0 Å². The van der Waals surface area contributed by atoms with Crippen LogP contribution >= 0.6 is 0 Å². The lowest BCUT2D eigenvalue weighted by Gasteiger charge is -2.18. The van der Waals surface area contributed by atoms with Gasteiger partial charge in [0.25, 0.3) is 0 Å². The molecule has 92 valence electrons. The van der Waals surface area contributed by atoms with Gasteiger partial charge in [0.1, 0.15) is 26.2 Å². The van der Waals surface area contributed by atoms with Crippen molar-refractivity contribution in [1.29, 1.82) is 0 Å². The number of quaternary nitrogens is 2. The van der Waals surface area contributed by atoms with E-state index in [-0.39, 0.29) is 13.5 Å². The fourth-order valence-corrected chi connectivity index (χ4v) is 1.44. The Balaban J connectivity index is 0.000000245. The Labute approximate surface area is 100.0 Å². The summed E-state index contributed by atoms with van der Waals surface area (Å²) in [6, 6.07) is 0. The maximum Gasteiger partial charge on any atom is 0.101 e. The summed E-state index contributed by atoms with van der Waals surface area (Å²) >= 11 is 0. The zero-order valence-electron chi connectivity index (χ0n) is 9.88. The van der Waals surface area contributed by atoms with Gasteiger partial charge in [0.15, 0.2) is 0 Å². The number of rotatable bonds is 0. The summed E-state index contributed by atoms with van der Waals surface area (Å²) in [6.45, 7) is 8.52. The molecule has 0 unspecified atom stereocenters. The van der Waals surface area contributed by atoms with Gasteiger partial charge in [0.05, 0.1) is 40.5 Å². The predicted molar refractivity (Wildman–Crippen MR) is 62.2 cm³/mol. The van der Waals surface area contributed by atoms with E-state index in [4.69, 9.17) is 9.47 Å². The summed E-state index contributed by atoms with van der Waals surface area (Å²) < 4.78 is 10.2. The minimum Gasteiger partial charge on any atom is -2.00 e. The molecule has 2 fully saturated rings. The maximum absolute atomic E-state index is 5.12. The van der Waals surface area contributed by atoms with E-state index in [2.05, 4.69) is 14.1 Å². The van der Waals surface area contributed by atoms with E-state index in [1.54, 1.807) is 9.80 Å². The lowest BCUT2D eigenvalue weighted by Crippen LogP contribution is -3.11. The molecule has 0 spiro atoms. The van der Waals surface area contributed by atoms with Crippen LogP contribution in [0.15, 0.2) is 0 Å². The first-order chi connectivity index (χ1) is 6.79. The summed E-state index contributed by atoms with van der Waals surface area (Å²) in [5, 5.41) is 0. The van der Waals surface area contributed by atoms with Crippen LogP contribution in [-0.4, -0.2) is 66.7 Å². The molecule has 0 aromatic carbocycles. The standard InChI is InChI=1S/2C5H11NO.S/c2*1-6-2-4-7-5-3-6;/h2*2-5H2,1H3;/q;;-2/p+2. The van der Waals surface area contributed by atoms with Gasteiger partial charge < -0.3 is 32.8 Å². The number of nitrogens with one attached hydrogen (secondary N) is 2. The van der Waals surface area contributed by atoms with Crippen molar-refractivity contribution >= 4 is 13.5 Å². The van der Waals surface area contributed by atoms with Crippen molar-refractivity contribution in [1.82, 2.24) is 0 Å². The maximum atomic E-state index is 5.12. The SMILES string of the molecule is C[NH+]1CCOCC1.C[NH+]1CCOCC1.[S-2]. The molecule has 0 amide bonds. The highest BCUT2D eigenvalue weighted by Gasteiger charge is 2.06. The minimum atomic E-state index is 0. The quantitative estimate of drug-likeness (QED) is 0.471. The van der Waals surface area contributed by atoms with E-state index < -0.39 is 0 Å². The van der Waals surface area contributed by atoms with E-state index >= 15 is 0 Å². The Morgan fingerprint density at radius 1 is 0.667 bits per heavy atom. The second kappa shape index (κ2) is 9.42. The molecule has 2 aliphatic heterocycles. The third-order valence-corrected chi connectivity index (χ3v) is 2.69. The van der Waals surface area contributed by atoms with Crippen molar-refractivity contribution in [2.75, 3.05) is 66.7 Å². The molecule has 0 atom stereocenters. The molecule has 0 saturated carbocycles. The lowest BCUT2D eigenvalue weighted by molar-refractivity contribution is -0.888. The molecule has 2 heterocycles. The molecular weight excluding hydrogens is 212 g/mol. The average molecular weight is 236 g/mol. The van der Waals surface area contributed by atoms with Crippen molar-refractivity contribution in [3.8, 4) is 0 Å². The summed E-state index contributed by atoms with van der Waals surface area (Å²) in [6.07, 6.45) is 0. The molecule has 2 aliphatic rings. The van der Waals surface area contributed by atoms with Crippen LogP contribution in [0.1, 0.15) is 0 Å². The molecule has 0 aliphatic carbocycles. The van der Waals surface area contributed by atoms with Gasteiger partial charge in [0.2, 0.25) is 0 Å². The number of ether oxygens (including phenoxy) is 2. The number of morpholine rings is 2. The molecular formula is C10H24N2O2S. The second-order valence-electron chi connectivity index (χ2n) is 4.14. The van der Waals surface area contributed by atoms with Gasteiger partial charge in [-0.3, -0.25) is 0 Å². The van der Waals surface area contributed by atoms with Gasteiger partial charge in [0, 0.05) is 0 Å². The van der Waals surface area contributed by atoms with Gasteiger partial charge in [-0.1, -0.05) is 0 Å². The van der Waals surface area contributed by atoms with Gasteiger partial charge in [-0.05, 0) is 0 Å². The fourth-order valence-electron chi connectivity index (χ4n) is 1.44. The van der Waals surface area contributed by atoms with Crippen LogP contribution < -0.4 is 9.80 Å². The molecule has 0 aromatic heterocycles. The molecule has 0 bridgehead atoms. The van der Waals surface area contributed by atoms with Gasteiger partial charge in [-0.2, -0.15) is 0 Å². The van der Waals surface area contributed by atoms with Crippen LogP contribution in [0.4, 0.5) is 0 Å². The Hall–Kier alpha value is 0.190. The summed E-state index contributed by atoms with van der Waals surface area (Å²) in [5.74, 6) is 0. The van der Waals surface area contributed by atoms with Crippen LogP contribution in [0.5, 0.6) is 0 Å². The van der Waals surface area contributed by atoms with Crippen LogP contribution in [0, 0.1) is 0 Å². The molecule has 0 aromatic rings. The van der Waals surface area contributed by atoms with Crippen LogP contribution in [0.25, 0.3) is 0 Å². The predicted octanol–water partition coefficient (Wildman–Crippen LogP) is -2.94. The van der Waals surface area contributed by atoms with E-state index in [0.717, 1.165) is 26.4 Å². The average Bonchev–Trinajstić information content (AvgIpc) is 2.21. The molecule has 0 radical (unpaired) electrons. The van der Waals surface area contributed by atoms with Gasteiger partial charge in [-0.25, -0.2) is 0 Å². The normalized spacial score (nSPS) is 23.6. The third-order valence-electron chi connectivity index (χ3n) is 2.69. The molecule has 2 saturated heterocycles. The zero-order chi connectivity index (χ0) is 10.2. The van der Waals surface area contributed by atoms with Crippen molar-refractivity contribution in [3.05, 3.63) is 0 Å². The summed E-state index contributed by atoms with van der Waals surface area (Å²) in [7, 11) is 4.39. The summed E-state index contributed by atoms with van der Waals surface area (Å²) in [4.78, 5) is 3.18. The first-order valence-corrected chi connectivity index (χ1v) is 5.57. The molecule has 4 nitrogen and oxygen atoms in total. The van der Waals surface area contributed by atoms with Crippen LogP contribution in [0.2, 0.25) is 0 Å². The number of hydrogen-bond donors (Lipinski definition) is 2. The van der Waals surface area contributed by atoms with Gasteiger partial charge in [-0.15, -0.1) is 0 Å². The summed E-state index contributed by atoms with van der Waals surface area (Å²) in [5.41, 5.74) is 0. The Morgan fingerprint density at radius 3 is 1.07 bits per heavy atom. The van der Waals surface area contributed by atoms with Crippen molar-refractivity contribution < 1.29 is 19.3 Å². The van der Waals surface area contributed by atoms with Crippen molar-refractivity contribution in [2.24, 2.45) is 0 Å². The van der Waals surface area contributed by atoms with E-state index in [1.807, 2.05) is 0 Å². The first-order valence-electron chi connectivity index (χ1n) is 5.57. The Kier molecular flexibility index (Phi) is 9.54. The highest BCUT2D eigenvalue weighted by molar-refractivity contribution is 7.37. The minimum absolute atomic E-state index is 0. The lowest BCUT2D eigenvalue weighted by atomic mass is 10.5. The zero-order valence-corrected chi connectivity index (χ0v) is 10.7. The molecule has 2 rings (SSSR count). The number of hydrogen-bond acceptors (Lipinski definition) is 2. The van der Waals surface area contributed by atoms with Crippen LogP contribution in [-0.2, 0) is 23.0 Å².